The number of hydrogen-bond acceptors (Lipinski definition) is 2. The highest BCUT2D eigenvalue weighted by Crippen LogP contribution is 2.44. The Morgan fingerprint density at radius 2 is 1.95 bits per heavy atom. The third-order valence-corrected chi connectivity index (χ3v) is 6.30. The molecule has 0 bridgehead atoms. The van der Waals surface area contributed by atoms with Crippen molar-refractivity contribution in [2.24, 2.45) is 5.41 Å². The number of benzene rings is 1. The fourth-order valence-corrected chi connectivity index (χ4v) is 4.32. The second-order valence-corrected chi connectivity index (χ2v) is 7.21. The van der Waals surface area contributed by atoms with Gasteiger partial charge in [-0.3, -0.25) is 4.90 Å². The fourth-order valence-electron chi connectivity index (χ4n) is 3.58. The van der Waals surface area contributed by atoms with Gasteiger partial charge in [-0.15, -0.1) is 0 Å². The number of halogens is 1. The molecule has 1 aliphatic heterocycles. The molecule has 1 saturated carbocycles. The third kappa shape index (κ3) is 2.95. The molecule has 1 heterocycles. The van der Waals surface area contributed by atoms with E-state index in [0.29, 0.717) is 11.5 Å². The van der Waals surface area contributed by atoms with E-state index in [9.17, 15) is 0 Å². The topological polar surface area (TPSA) is 6.48 Å². The first-order valence-electron chi connectivity index (χ1n) is 7.76. The van der Waals surface area contributed by atoms with Gasteiger partial charge in [0.05, 0.1) is 0 Å². The molecule has 1 aliphatic carbocycles. The summed E-state index contributed by atoms with van der Waals surface area (Å²) in [7, 11) is 2.25. The van der Waals surface area contributed by atoms with Crippen molar-refractivity contribution >= 4 is 15.9 Å². The molecule has 2 fully saturated rings. The average molecular weight is 337 g/mol. The van der Waals surface area contributed by atoms with Crippen molar-refractivity contribution in [3.05, 3.63) is 35.9 Å². The Morgan fingerprint density at radius 3 is 2.55 bits per heavy atom. The van der Waals surface area contributed by atoms with E-state index in [1.54, 1.807) is 0 Å². The molecule has 0 N–H and O–H groups in total. The average Bonchev–Trinajstić information content (AvgIpc) is 2.45. The molecule has 110 valence electrons. The lowest BCUT2D eigenvalue weighted by atomic mass is 9.70. The van der Waals surface area contributed by atoms with Crippen molar-refractivity contribution in [1.82, 2.24) is 9.80 Å². The Bertz CT molecular complexity index is 424. The number of rotatable bonds is 4. The SMILES string of the molecule is CN1CCN(CC2(CBr)CCC2)C(c2ccccc2)C1. The van der Waals surface area contributed by atoms with E-state index in [-0.39, 0.29) is 0 Å². The van der Waals surface area contributed by atoms with Crippen molar-refractivity contribution in [3.8, 4) is 0 Å². The van der Waals surface area contributed by atoms with Crippen LogP contribution in [-0.2, 0) is 0 Å². The molecular weight excluding hydrogens is 312 g/mol. The Balaban J connectivity index is 1.76. The van der Waals surface area contributed by atoms with Crippen LogP contribution in [0.5, 0.6) is 0 Å². The van der Waals surface area contributed by atoms with Gasteiger partial charge in [0.2, 0.25) is 0 Å². The number of alkyl halides is 1. The Labute approximate surface area is 131 Å². The van der Waals surface area contributed by atoms with Gasteiger partial charge in [-0.05, 0) is 30.9 Å². The van der Waals surface area contributed by atoms with Crippen LogP contribution in [0, 0.1) is 5.41 Å². The summed E-state index contributed by atoms with van der Waals surface area (Å²) in [5.41, 5.74) is 2.02. The molecule has 1 aromatic rings. The van der Waals surface area contributed by atoms with Gasteiger partial charge in [0.25, 0.3) is 0 Å². The van der Waals surface area contributed by atoms with Gasteiger partial charge in [-0.2, -0.15) is 0 Å². The van der Waals surface area contributed by atoms with E-state index in [2.05, 4.69) is 63.1 Å². The van der Waals surface area contributed by atoms with Gasteiger partial charge in [-0.1, -0.05) is 52.7 Å². The van der Waals surface area contributed by atoms with E-state index in [1.165, 1.54) is 44.5 Å². The number of likely N-dealkylation sites (N-methyl/N-ethyl adjacent to an activating group) is 1. The van der Waals surface area contributed by atoms with Crippen LogP contribution in [0.4, 0.5) is 0 Å². The third-order valence-electron chi connectivity index (χ3n) is 5.11. The van der Waals surface area contributed by atoms with E-state index < -0.39 is 0 Å². The van der Waals surface area contributed by atoms with Gasteiger partial charge in [0.1, 0.15) is 0 Å². The summed E-state index contributed by atoms with van der Waals surface area (Å²) in [4.78, 5) is 5.20. The van der Waals surface area contributed by atoms with Crippen LogP contribution < -0.4 is 0 Å². The second kappa shape index (κ2) is 6.17. The first-order valence-corrected chi connectivity index (χ1v) is 8.88. The maximum atomic E-state index is 3.76. The minimum absolute atomic E-state index is 0.545. The van der Waals surface area contributed by atoms with Crippen LogP contribution in [0.15, 0.2) is 30.3 Å². The summed E-state index contributed by atoms with van der Waals surface area (Å²) < 4.78 is 0. The molecule has 0 radical (unpaired) electrons. The first kappa shape index (κ1) is 14.6. The van der Waals surface area contributed by atoms with Crippen LogP contribution in [0.1, 0.15) is 30.9 Å². The van der Waals surface area contributed by atoms with Crippen molar-refractivity contribution < 1.29 is 0 Å². The molecule has 2 aliphatic rings. The van der Waals surface area contributed by atoms with E-state index in [0.717, 1.165) is 11.9 Å². The van der Waals surface area contributed by atoms with Crippen LogP contribution in [-0.4, -0.2) is 48.4 Å². The zero-order chi connectivity index (χ0) is 14.0. The monoisotopic (exact) mass is 336 g/mol. The van der Waals surface area contributed by atoms with Crippen molar-refractivity contribution in [3.63, 3.8) is 0 Å². The van der Waals surface area contributed by atoms with Crippen LogP contribution in [0.3, 0.4) is 0 Å². The minimum Gasteiger partial charge on any atom is -0.303 e. The van der Waals surface area contributed by atoms with Gasteiger partial charge >= 0.3 is 0 Å². The predicted octanol–water partition coefficient (Wildman–Crippen LogP) is 3.54. The van der Waals surface area contributed by atoms with Crippen molar-refractivity contribution in [2.45, 2.75) is 25.3 Å². The smallest absolute Gasteiger partial charge is 0.0475 e. The summed E-state index contributed by atoms with van der Waals surface area (Å²) in [6, 6.07) is 11.6. The van der Waals surface area contributed by atoms with Crippen molar-refractivity contribution in [2.75, 3.05) is 38.6 Å². The highest BCUT2D eigenvalue weighted by atomic mass is 79.9. The van der Waals surface area contributed by atoms with E-state index in [1.807, 2.05) is 0 Å². The van der Waals surface area contributed by atoms with Gasteiger partial charge in [-0.25, -0.2) is 0 Å². The zero-order valence-corrected chi connectivity index (χ0v) is 14.0. The lowest BCUT2D eigenvalue weighted by Gasteiger charge is -2.49. The molecule has 0 amide bonds. The summed E-state index contributed by atoms with van der Waals surface area (Å²) in [6.45, 7) is 4.81. The lowest BCUT2D eigenvalue weighted by Crippen LogP contribution is -2.52. The second-order valence-electron chi connectivity index (χ2n) is 6.65. The Kier molecular flexibility index (Phi) is 4.49. The lowest BCUT2D eigenvalue weighted by molar-refractivity contribution is 0.0228. The maximum Gasteiger partial charge on any atom is 0.0475 e. The van der Waals surface area contributed by atoms with Crippen LogP contribution in [0.25, 0.3) is 0 Å². The number of piperazine rings is 1. The molecule has 1 atom stereocenters. The zero-order valence-electron chi connectivity index (χ0n) is 12.4. The molecule has 2 nitrogen and oxygen atoms in total. The first-order chi connectivity index (χ1) is 9.72. The quantitative estimate of drug-likeness (QED) is 0.776. The standard InChI is InChI=1S/C17H25BrN2/c1-19-10-11-20(14-17(13-18)8-5-9-17)16(12-19)15-6-3-2-4-7-15/h2-4,6-7,16H,5,8-14H2,1H3. The van der Waals surface area contributed by atoms with E-state index >= 15 is 0 Å². The van der Waals surface area contributed by atoms with Crippen LogP contribution in [0.2, 0.25) is 0 Å². The molecule has 3 heteroatoms. The Hall–Kier alpha value is -0.380. The van der Waals surface area contributed by atoms with E-state index in [4.69, 9.17) is 0 Å². The summed E-state index contributed by atoms with van der Waals surface area (Å²) in [5, 5.41) is 1.16. The van der Waals surface area contributed by atoms with Gasteiger partial charge < -0.3 is 4.90 Å². The molecule has 20 heavy (non-hydrogen) atoms. The highest BCUT2D eigenvalue weighted by Gasteiger charge is 2.40. The summed E-state index contributed by atoms with van der Waals surface area (Å²) >= 11 is 3.76. The largest absolute Gasteiger partial charge is 0.303 e. The maximum absolute atomic E-state index is 3.76. The summed E-state index contributed by atoms with van der Waals surface area (Å²) in [6.07, 6.45) is 4.20. The fraction of sp³-hybridized carbons (Fsp3) is 0.647. The molecule has 1 saturated heterocycles. The van der Waals surface area contributed by atoms with Gasteiger partial charge in [0.15, 0.2) is 0 Å². The highest BCUT2D eigenvalue weighted by molar-refractivity contribution is 9.09. The van der Waals surface area contributed by atoms with Crippen molar-refractivity contribution in [1.29, 1.82) is 0 Å². The molecule has 1 aromatic carbocycles. The van der Waals surface area contributed by atoms with Crippen LogP contribution >= 0.6 is 15.9 Å². The van der Waals surface area contributed by atoms with Gasteiger partial charge in [0, 0.05) is 37.6 Å². The summed E-state index contributed by atoms with van der Waals surface area (Å²) in [5.74, 6) is 0. The minimum atomic E-state index is 0.545. The number of nitrogens with zero attached hydrogens (tertiary/aromatic N) is 2. The normalized spacial score (nSPS) is 27.2. The predicted molar refractivity (Wildman–Crippen MR) is 88.3 cm³/mol. The number of hydrogen-bond donors (Lipinski definition) is 0. The molecule has 0 spiro atoms. The molecule has 1 unspecified atom stereocenters. The molecular formula is C17H25BrN2. The molecule has 3 rings (SSSR count). The molecule has 0 aromatic heterocycles. The Morgan fingerprint density at radius 1 is 1.20 bits per heavy atom.